The number of carbonyl (C=O) groups is 1. The Labute approximate surface area is 322 Å². The molecule has 1 amide bonds. The molecule has 5 rings (SSSR count). The summed E-state index contributed by atoms with van der Waals surface area (Å²) >= 11 is 0. The minimum atomic E-state index is -2.09. The summed E-state index contributed by atoms with van der Waals surface area (Å²) < 4.78 is 45.2. The Morgan fingerprint density at radius 1 is 0.596 bits per heavy atom. The lowest BCUT2D eigenvalue weighted by molar-refractivity contribution is -0.384. The minimum Gasteiger partial charge on any atom is -0.462 e. The van der Waals surface area contributed by atoms with Crippen molar-refractivity contribution in [1.82, 2.24) is 5.32 Å². The predicted octanol–water partition coefficient (Wildman–Crippen LogP) is -7.61. The Hall–Kier alpha value is -2.87. The SMILES string of the molecule is CC(=O)N[C@H]1[C@H](O[C@H]2[C@@H](O)[C@@H](CO)O[C@@H](O[C@H]3[C@H](O)[C@@H](O)[C@H](Oc4ccc([N+](=O)[O-])cc4)O[C@@H]3CO)[C@@H]2O)O[C@H](CO)[C@@H](O)[C@@H]1O[C@@H]1O[C@H](CO)[C@H](O)[C@H](O)[C@H]1O. The fourth-order valence-corrected chi connectivity index (χ4v) is 6.80. The maximum atomic E-state index is 12.4. The van der Waals surface area contributed by atoms with E-state index in [9.17, 15) is 76.2 Å². The molecule has 4 fully saturated rings. The first-order valence-electron chi connectivity index (χ1n) is 17.7. The van der Waals surface area contributed by atoms with E-state index in [-0.39, 0.29) is 11.4 Å². The summed E-state index contributed by atoms with van der Waals surface area (Å²) in [5.74, 6) is -0.800. The minimum absolute atomic E-state index is 0.0157. The van der Waals surface area contributed by atoms with E-state index < -0.39 is 160 Å². The average molecular weight is 829 g/mol. The molecule has 0 aliphatic carbocycles. The molecule has 57 heavy (non-hydrogen) atoms. The molecule has 4 saturated heterocycles. The third kappa shape index (κ3) is 9.79. The molecule has 1 aromatic rings. The summed E-state index contributed by atoms with van der Waals surface area (Å²) in [4.78, 5) is 22.7. The monoisotopic (exact) mass is 828 g/mol. The van der Waals surface area contributed by atoms with Crippen LogP contribution in [-0.2, 0) is 38.0 Å². The third-order valence-electron chi connectivity index (χ3n) is 9.89. The highest BCUT2D eigenvalue weighted by molar-refractivity contribution is 5.73. The van der Waals surface area contributed by atoms with Gasteiger partial charge in [-0.2, -0.15) is 0 Å². The van der Waals surface area contributed by atoms with Crippen molar-refractivity contribution in [2.75, 3.05) is 26.4 Å². The van der Waals surface area contributed by atoms with Gasteiger partial charge >= 0.3 is 0 Å². The number of amides is 1. The number of non-ortho nitro benzene ring substituents is 1. The summed E-state index contributed by atoms with van der Waals surface area (Å²) in [5.41, 5.74) is -0.262. The highest BCUT2D eigenvalue weighted by atomic mass is 16.8. The quantitative estimate of drug-likeness (QED) is 0.0612. The second-order valence-corrected chi connectivity index (χ2v) is 13.7. The van der Waals surface area contributed by atoms with E-state index in [0.717, 1.165) is 19.1 Å². The van der Waals surface area contributed by atoms with Crippen LogP contribution in [0.2, 0.25) is 0 Å². The molecular formula is C32H48N2O23. The number of carbonyl (C=O) groups excluding carboxylic acids is 1. The number of nitrogens with zero attached hydrogens (tertiary/aromatic N) is 1. The molecule has 25 heteroatoms. The van der Waals surface area contributed by atoms with E-state index in [2.05, 4.69) is 5.32 Å². The molecule has 0 radical (unpaired) electrons. The predicted molar refractivity (Wildman–Crippen MR) is 177 cm³/mol. The topological polar surface area (TPSA) is 389 Å². The number of aliphatic hydroxyl groups excluding tert-OH is 12. The Balaban J connectivity index is 1.35. The zero-order valence-corrected chi connectivity index (χ0v) is 30.0. The van der Waals surface area contributed by atoms with Gasteiger partial charge in [-0.3, -0.25) is 14.9 Å². The van der Waals surface area contributed by atoms with Crippen molar-refractivity contribution in [3.05, 3.63) is 34.4 Å². The van der Waals surface area contributed by atoms with E-state index in [1.807, 2.05) is 0 Å². The van der Waals surface area contributed by atoms with Gasteiger partial charge in [0, 0.05) is 19.1 Å². The number of hydrogen-bond donors (Lipinski definition) is 13. The molecule has 0 aromatic heterocycles. The molecule has 0 unspecified atom stereocenters. The number of rotatable bonds is 14. The second-order valence-electron chi connectivity index (χ2n) is 13.7. The van der Waals surface area contributed by atoms with Gasteiger partial charge < -0.3 is 104 Å². The highest BCUT2D eigenvalue weighted by Crippen LogP contribution is 2.35. The Bertz CT molecular complexity index is 1460. The van der Waals surface area contributed by atoms with Crippen LogP contribution in [0.1, 0.15) is 6.92 Å². The summed E-state index contributed by atoms with van der Waals surface area (Å²) in [6.45, 7) is -2.53. The van der Waals surface area contributed by atoms with Crippen molar-refractivity contribution in [2.24, 2.45) is 0 Å². The summed E-state index contributed by atoms with van der Waals surface area (Å²) in [5, 5.41) is 140. The van der Waals surface area contributed by atoms with Gasteiger partial charge in [-0.1, -0.05) is 0 Å². The van der Waals surface area contributed by atoms with Crippen molar-refractivity contribution in [1.29, 1.82) is 0 Å². The van der Waals surface area contributed by atoms with Gasteiger partial charge in [-0.25, -0.2) is 0 Å². The number of ether oxygens (including phenoxy) is 8. The maximum absolute atomic E-state index is 12.4. The van der Waals surface area contributed by atoms with E-state index >= 15 is 0 Å². The number of nitro benzene ring substituents is 1. The highest BCUT2D eigenvalue weighted by Gasteiger charge is 2.56. The molecule has 4 aliphatic rings. The van der Waals surface area contributed by atoms with Gasteiger partial charge in [0.25, 0.3) is 5.69 Å². The molecule has 13 N–H and O–H groups in total. The van der Waals surface area contributed by atoms with Crippen LogP contribution >= 0.6 is 0 Å². The van der Waals surface area contributed by atoms with Gasteiger partial charge in [0.2, 0.25) is 12.2 Å². The normalized spacial score (nSPS) is 43.9. The average Bonchev–Trinajstić information content (AvgIpc) is 3.19. The van der Waals surface area contributed by atoms with Crippen molar-refractivity contribution in [3.8, 4) is 5.75 Å². The number of aliphatic hydroxyl groups is 12. The van der Waals surface area contributed by atoms with Crippen molar-refractivity contribution in [3.63, 3.8) is 0 Å². The molecular weight excluding hydrogens is 780 g/mol. The lowest BCUT2D eigenvalue weighted by atomic mass is 9.94. The van der Waals surface area contributed by atoms with Crippen molar-refractivity contribution < 1.29 is 109 Å². The molecule has 4 heterocycles. The lowest BCUT2D eigenvalue weighted by Crippen LogP contribution is -2.70. The Morgan fingerprint density at radius 2 is 1.05 bits per heavy atom. The third-order valence-corrected chi connectivity index (χ3v) is 9.89. The number of nitro groups is 1. The van der Waals surface area contributed by atoms with Crippen LogP contribution in [0.15, 0.2) is 24.3 Å². The van der Waals surface area contributed by atoms with Gasteiger partial charge in [0.05, 0.1) is 31.4 Å². The molecule has 1 aromatic carbocycles. The van der Waals surface area contributed by atoms with E-state index in [4.69, 9.17) is 37.9 Å². The maximum Gasteiger partial charge on any atom is 0.269 e. The lowest BCUT2D eigenvalue weighted by Gasteiger charge is -2.50. The fraction of sp³-hybridized carbons (Fsp3) is 0.781. The summed E-state index contributed by atoms with van der Waals surface area (Å²) in [7, 11) is 0. The molecule has 0 bridgehead atoms. The van der Waals surface area contributed by atoms with Crippen LogP contribution in [0.5, 0.6) is 5.75 Å². The summed E-state index contributed by atoms with van der Waals surface area (Å²) in [6.07, 6.45) is -34.2. The second kappa shape index (κ2) is 19.5. The van der Waals surface area contributed by atoms with Crippen LogP contribution in [0.25, 0.3) is 0 Å². The van der Waals surface area contributed by atoms with Crippen LogP contribution in [0, 0.1) is 10.1 Å². The number of nitrogens with one attached hydrogen (secondary N) is 1. The zero-order chi connectivity index (χ0) is 41.9. The fourth-order valence-electron chi connectivity index (χ4n) is 6.80. The molecule has 25 nitrogen and oxygen atoms in total. The first kappa shape index (κ1) is 45.2. The van der Waals surface area contributed by atoms with Gasteiger partial charge in [-0.15, -0.1) is 0 Å². The van der Waals surface area contributed by atoms with Crippen LogP contribution in [0.3, 0.4) is 0 Å². The van der Waals surface area contributed by atoms with Gasteiger partial charge in [-0.05, 0) is 12.1 Å². The standard InChI is InChI=1S/C32H48N2O23/c1-10(39)33-17-27(56-31-23(45)21(43)18(40)13(6-35)52-31)19(41)14(7-36)51-29(17)57-28-20(42)15(8-37)53-32(25(28)47)55-26-16(9-38)54-30(24(46)22(26)44)50-12-4-2-11(3-5-12)34(48)49/h2-5,13-32,35-38,40-47H,6-9H2,1H3,(H,33,39)/t13-,14-,15-,16-,17-,18+,19-,20+,21+,22-,23-,24-,25-,26-,27-,28+,29+,30-,31+,32+/m1/s1. The van der Waals surface area contributed by atoms with Gasteiger partial charge in [0.15, 0.2) is 18.9 Å². The van der Waals surface area contributed by atoms with Crippen molar-refractivity contribution >= 4 is 11.6 Å². The Kier molecular flexibility index (Phi) is 15.4. The van der Waals surface area contributed by atoms with Gasteiger partial charge in [0.1, 0.15) is 103 Å². The largest absolute Gasteiger partial charge is 0.462 e. The number of benzene rings is 1. The van der Waals surface area contributed by atoms with Crippen LogP contribution < -0.4 is 10.1 Å². The van der Waals surface area contributed by atoms with Crippen LogP contribution in [-0.4, -0.2) is 221 Å². The zero-order valence-electron chi connectivity index (χ0n) is 30.0. The molecule has 0 saturated carbocycles. The van der Waals surface area contributed by atoms with E-state index in [1.54, 1.807) is 0 Å². The van der Waals surface area contributed by atoms with Crippen LogP contribution in [0.4, 0.5) is 5.69 Å². The first-order valence-corrected chi connectivity index (χ1v) is 17.7. The summed E-state index contributed by atoms with van der Waals surface area (Å²) in [6, 6.07) is 2.97. The first-order chi connectivity index (χ1) is 27.0. The molecule has 20 atom stereocenters. The molecule has 0 spiro atoms. The Morgan fingerprint density at radius 3 is 1.60 bits per heavy atom. The van der Waals surface area contributed by atoms with Crippen molar-refractivity contribution in [2.45, 2.75) is 130 Å². The molecule has 4 aliphatic heterocycles. The van der Waals surface area contributed by atoms with E-state index in [0.29, 0.717) is 0 Å². The molecule has 324 valence electrons. The number of hydrogen-bond acceptors (Lipinski definition) is 23. The smallest absolute Gasteiger partial charge is 0.269 e. The van der Waals surface area contributed by atoms with E-state index in [1.165, 1.54) is 12.1 Å².